The smallest absolute Gasteiger partial charge is 0.277 e. The van der Waals surface area contributed by atoms with E-state index < -0.39 is 5.91 Å². The van der Waals surface area contributed by atoms with Gasteiger partial charge in [0, 0.05) is 5.56 Å². The highest BCUT2D eigenvalue weighted by Gasteiger charge is 2.08. The van der Waals surface area contributed by atoms with Gasteiger partial charge in [-0.15, -0.1) is 0 Å². The van der Waals surface area contributed by atoms with E-state index in [0.29, 0.717) is 16.3 Å². The van der Waals surface area contributed by atoms with Crippen molar-refractivity contribution >= 4 is 46.1 Å². The highest BCUT2D eigenvalue weighted by atomic mass is 35.5. The second-order valence-electron chi connectivity index (χ2n) is 5.35. The summed E-state index contributed by atoms with van der Waals surface area (Å²) in [6.07, 6.45) is 1.39. The molecule has 1 amide bonds. The number of hydrogen-bond donors (Lipinski definition) is 2. The van der Waals surface area contributed by atoms with Gasteiger partial charge in [0.05, 0.1) is 11.2 Å². The molecule has 0 aliphatic carbocycles. The van der Waals surface area contributed by atoms with Gasteiger partial charge in [-0.1, -0.05) is 59.6 Å². The first kappa shape index (κ1) is 18.0. The molecule has 0 unspecified atom stereocenters. The second-order valence-corrected chi connectivity index (χ2v) is 6.14. The molecule has 0 aliphatic heterocycles. The Morgan fingerprint density at radius 2 is 1.92 bits per heavy atom. The van der Waals surface area contributed by atoms with E-state index >= 15 is 0 Å². The van der Waals surface area contributed by atoms with Crippen LogP contribution in [0.25, 0.3) is 10.8 Å². The third-order valence-electron chi connectivity index (χ3n) is 3.61. The molecule has 0 heterocycles. The summed E-state index contributed by atoms with van der Waals surface area (Å²) >= 11 is 11.9. The second kappa shape index (κ2) is 8.08. The van der Waals surface area contributed by atoms with E-state index in [2.05, 4.69) is 10.5 Å². The van der Waals surface area contributed by atoms with Crippen molar-refractivity contribution in [2.75, 3.05) is 6.61 Å². The Bertz CT molecular complexity index is 990. The van der Waals surface area contributed by atoms with Crippen LogP contribution in [0.3, 0.4) is 0 Å². The number of amides is 1. The fourth-order valence-corrected chi connectivity index (χ4v) is 2.71. The highest BCUT2D eigenvalue weighted by Crippen LogP contribution is 2.31. The molecule has 0 radical (unpaired) electrons. The lowest BCUT2D eigenvalue weighted by Crippen LogP contribution is -2.24. The van der Waals surface area contributed by atoms with Crippen LogP contribution in [-0.4, -0.2) is 23.8 Å². The van der Waals surface area contributed by atoms with E-state index in [9.17, 15) is 9.90 Å². The van der Waals surface area contributed by atoms with Crippen molar-refractivity contribution in [3.05, 3.63) is 70.2 Å². The molecule has 3 aromatic carbocycles. The van der Waals surface area contributed by atoms with E-state index in [1.54, 1.807) is 24.3 Å². The maximum Gasteiger partial charge on any atom is 0.277 e. The number of phenols is 1. The topological polar surface area (TPSA) is 70.9 Å². The minimum atomic E-state index is -0.475. The summed E-state index contributed by atoms with van der Waals surface area (Å²) in [4.78, 5) is 11.9. The minimum absolute atomic E-state index is 0.0728. The molecule has 0 aliphatic rings. The van der Waals surface area contributed by atoms with Gasteiger partial charge in [-0.3, -0.25) is 4.79 Å². The van der Waals surface area contributed by atoms with Crippen molar-refractivity contribution in [2.45, 2.75) is 0 Å². The van der Waals surface area contributed by atoms with Crippen LogP contribution < -0.4 is 10.2 Å². The lowest BCUT2D eigenvalue weighted by molar-refractivity contribution is -0.123. The van der Waals surface area contributed by atoms with Crippen molar-refractivity contribution in [3.8, 4) is 11.5 Å². The molecular weight excluding hydrogens is 375 g/mol. The van der Waals surface area contributed by atoms with Crippen molar-refractivity contribution < 1.29 is 14.6 Å². The summed E-state index contributed by atoms with van der Waals surface area (Å²) in [5, 5.41) is 16.3. The Labute approximate surface area is 159 Å². The number of ether oxygens (including phenoxy) is 1. The van der Waals surface area contributed by atoms with Crippen LogP contribution in [-0.2, 0) is 4.79 Å². The van der Waals surface area contributed by atoms with Crippen molar-refractivity contribution in [3.63, 3.8) is 0 Å². The molecule has 3 rings (SSSR count). The van der Waals surface area contributed by atoms with Gasteiger partial charge in [0.15, 0.2) is 6.61 Å². The van der Waals surface area contributed by atoms with Crippen LogP contribution in [0.1, 0.15) is 5.56 Å². The molecule has 0 atom stereocenters. The van der Waals surface area contributed by atoms with Crippen LogP contribution in [0, 0.1) is 0 Å². The number of fused-ring (bicyclic) bond motifs is 1. The number of nitrogens with one attached hydrogen (secondary N) is 1. The normalized spacial score (nSPS) is 11.0. The van der Waals surface area contributed by atoms with E-state index in [-0.39, 0.29) is 17.4 Å². The molecule has 0 saturated heterocycles. The summed E-state index contributed by atoms with van der Waals surface area (Å²) in [5.74, 6) is -0.0920. The van der Waals surface area contributed by atoms with Gasteiger partial charge in [0.2, 0.25) is 0 Å². The fourth-order valence-electron chi connectivity index (χ4n) is 2.36. The number of hydrogen-bond acceptors (Lipinski definition) is 4. The largest absolute Gasteiger partial charge is 0.507 e. The molecule has 0 saturated carbocycles. The lowest BCUT2D eigenvalue weighted by atomic mass is 10.0. The average Bonchev–Trinajstić information content (AvgIpc) is 2.65. The maximum absolute atomic E-state index is 11.9. The third-order valence-corrected chi connectivity index (χ3v) is 4.41. The molecule has 2 N–H and O–H groups in total. The number of aromatic hydroxyl groups is 1. The molecule has 132 valence electrons. The first-order valence-electron chi connectivity index (χ1n) is 7.65. The van der Waals surface area contributed by atoms with Crippen LogP contribution >= 0.6 is 23.2 Å². The number of carbonyl (C=O) groups excluding carboxylic acids is 1. The SMILES string of the molecule is O=C(COc1cccc(Cl)c1Cl)N/N=C/c1c(O)ccc2ccccc12. The molecule has 5 nitrogen and oxygen atoms in total. The van der Waals surface area contributed by atoms with Crippen LogP contribution in [0.5, 0.6) is 11.5 Å². The predicted molar refractivity (Wildman–Crippen MR) is 103 cm³/mol. The zero-order chi connectivity index (χ0) is 18.5. The lowest BCUT2D eigenvalue weighted by Gasteiger charge is -2.08. The summed E-state index contributed by atoms with van der Waals surface area (Å²) in [6, 6.07) is 15.8. The number of benzene rings is 3. The summed E-state index contributed by atoms with van der Waals surface area (Å²) < 4.78 is 5.32. The molecule has 0 fully saturated rings. The van der Waals surface area contributed by atoms with Gasteiger partial charge in [-0.05, 0) is 29.0 Å². The maximum atomic E-state index is 11.9. The van der Waals surface area contributed by atoms with Crippen molar-refractivity contribution in [1.29, 1.82) is 0 Å². The van der Waals surface area contributed by atoms with Gasteiger partial charge >= 0.3 is 0 Å². The van der Waals surface area contributed by atoms with Crippen LogP contribution in [0.4, 0.5) is 0 Å². The predicted octanol–water partition coefficient (Wildman–Crippen LogP) is 4.38. The Hall–Kier alpha value is -2.76. The van der Waals surface area contributed by atoms with Crippen LogP contribution in [0.2, 0.25) is 10.0 Å². The summed E-state index contributed by atoms with van der Waals surface area (Å²) in [7, 11) is 0. The van der Waals surface area contributed by atoms with Gasteiger partial charge in [0.1, 0.15) is 16.5 Å². The van der Waals surface area contributed by atoms with E-state index in [1.807, 2.05) is 30.3 Å². The number of nitrogens with zero attached hydrogens (tertiary/aromatic N) is 1. The molecule has 26 heavy (non-hydrogen) atoms. The Balaban J connectivity index is 1.65. The van der Waals surface area contributed by atoms with Crippen molar-refractivity contribution in [1.82, 2.24) is 5.43 Å². The fraction of sp³-hybridized carbons (Fsp3) is 0.0526. The molecule has 0 spiro atoms. The van der Waals surface area contributed by atoms with Crippen LogP contribution in [0.15, 0.2) is 59.7 Å². The molecule has 0 bridgehead atoms. The minimum Gasteiger partial charge on any atom is -0.507 e. The average molecular weight is 389 g/mol. The number of carbonyl (C=O) groups is 1. The Morgan fingerprint density at radius 1 is 1.12 bits per heavy atom. The molecule has 3 aromatic rings. The van der Waals surface area contributed by atoms with Gasteiger partial charge in [-0.2, -0.15) is 5.10 Å². The quantitative estimate of drug-likeness (QED) is 0.503. The number of halogens is 2. The standard InChI is InChI=1S/C19H14Cl2N2O3/c20-15-6-3-7-17(19(15)21)26-11-18(25)23-22-10-14-13-5-2-1-4-12(13)8-9-16(14)24/h1-10,24H,11H2,(H,23,25)/b22-10+. The van der Waals surface area contributed by atoms with E-state index in [1.165, 1.54) is 6.21 Å². The number of rotatable bonds is 5. The first-order chi connectivity index (χ1) is 12.6. The Morgan fingerprint density at radius 3 is 2.77 bits per heavy atom. The zero-order valence-corrected chi connectivity index (χ0v) is 15.0. The van der Waals surface area contributed by atoms with Crippen molar-refractivity contribution in [2.24, 2.45) is 5.10 Å². The van der Waals surface area contributed by atoms with Gasteiger partial charge in [-0.25, -0.2) is 5.43 Å². The summed E-state index contributed by atoms with van der Waals surface area (Å²) in [6.45, 7) is -0.279. The number of hydrazone groups is 1. The molecule has 7 heteroatoms. The molecule has 0 aromatic heterocycles. The van der Waals surface area contributed by atoms with Gasteiger partial charge in [0.25, 0.3) is 5.91 Å². The number of phenolic OH excluding ortho intramolecular Hbond substituents is 1. The highest BCUT2D eigenvalue weighted by molar-refractivity contribution is 6.42. The molecular formula is C19H14Cl2N2O3. The van der Waals surface area contributed by atoms with Gasteiger partial charge < -0.3 is 9.84 Å². The summed E-state index contributed by atoms with van der Waals surface area (Å²) in [5.41, 5.74) is 2.86. The monoisotopic (exact) mass is 388 g/mol. The first-order valence-corrected chi connectivity index (χ1v) is 8.41. The Kier molecular flexibility index (Phi) is 5.61. The van der Waals surface area contributed by atoms with E-state index in [0.717, 1.165) is 10.8 Å². The van der Waals surface area contributed by atoms with E-state index in [4.69, 9.17) is 27.9 Å². The third kappa shape index (κ3) is 4.07. The zero-order valence-electron chi connectivity index (χ0n) is 13.4.